The normalized spacial score (nSPS) is 9.62. The van der Waals surface area contributed by atoms with Crippen LogP contribution in [0.1, 0.15) is 6.92 Å². The number of nitro groups is 1. The Labute approximate surface area is 73.7 Å². The van der Waals surface area contributed by atoms with Crippen LogP contribution in [0, 0.1) is 10.1 Å². The van der Waals surface area contributed by atoms with Gasteiger partial charge in [0.25, 0.3) is 5.88 Å². The summed E-state index contributed by atoms with van der Waals surface area (Å²) in [4.78, 5) is 16.9. The summed E-state index contributed by atoms with van der Waals surface area (Å²) in [6.45, 7) is 1.99. The molecule has 0 saturated carbocycles. The fourth-order valence-electron chi connectivity index (χ4n) is 0.741. The van der Waals surface area contributed by atoms with E-state index in [1.54, 1.807) is 6.92 Å². The van der Waals surface area contributed by atoms with Crippen LogP contribution in [0.25, 0.3) is 0 Å². The minimum atomic E-state index is -0.621. The molecule has 0 aliphatic rings. The summed E-state index contributed by atoms with van der Waals surface area (Å²) in [5, 5.41) is 10.4. The van der Waals surface area contributed by atoms with E-state index in [0.717, 1.165) is 6.20 Å². The second kappa shape index (κ2) is 3.65. The number of nitrogens with zero attached hydrogens (tertiary/aromatic N) is 3. The van der Waals surface area contributed by atoms with Crippen LogP contribution in [0.4, 0.5) is 11.6 Å². The summed E-state index contributed by atoms with van der Waals surface area (Å²) in [6, 6.07) is 0. The molecule has 0 saturated heterocycles. The van der Waals surface area contributed by atoms with Crippen molar-refractivity contribution < 1.29 is 9.66 Å². The molecule has 0 aliphatic carbocycles. The van der Waals surface area contributed by atoms with Gasteiger partial charge in [-0.1, -0.05) is 0 Å². The highest BCUT2D eigenvalue weighted by atomic mass is 16.6. The Morgan fingerprint density at radius 1 is 1.77 bits per heavy atom. The zero-order chi connectivity index (χ0) is 9.84. The molecule has 7 heteroatoms. The molecule has 0 aliphatic heterocycles. The number of rotatable bonds is 3. The zero-order valence-corrected chi connectivity index (χ0v) is 6.93. The monoisotopic (exact) mass is 184 g/mol. The topological polar surface area (TPSA) is 104 Å². The highest BCUT2D eigenvalue weighted by Crippen LogP contribution is 2.23. The quantitative estimate of drug-likeness (QED) is 0.537. The highest BCUT2D eigenvalue weighted by molar-refractivity contribution is 5.41. The first-order chi connectivity index (χ1) is 6.15. The van der Waals surface area contributed by atoms with Gasteiger partial charge in [-0.25, -0.2) is 4.98 Å². The molecule has 7 nitrogen and oxygen atoms in total. The van der Waals surface area contributed by atoms with E-state index in [4.69, 9.17) is 10.5 Å². The summed E-state index contributed by atoms with van der Waals surface area (Å²) in [7, 11) is 0. The van der Waals surface area contributed by atoms with Gasteiger partial charge in [0, 0.05) is 0 Å². The Morgan fingerprint density at radius 2 is 2.46 bits per heavy atom. The van der Waals surface area contributed by atoms with Gasteiger partial charge < -0.3 is 10.5 Å². The largest absolute Gasteiger partial charge is 0.473 e. The zero-order valence-electron chi connectivity index (χ0n) is 6.93. The van der Waals surface area contributed by atoms with E-state index in [1.165, 1.54) is 0 Å². The Morgan fingerprint density at radius 3 is 3.00 bits per heavy atom. The molecule has 2 N–H and O–H groups in total. The van der Waals surface area contributed by atoms with Gasteiger partial charge in [0.2, 0.25) is 5.95 Å². The maximum atomic E-state index is 10.4. The van der Waals surface area contributed by atoms with Gasteiger partial charge in [0.05, 0.1) is 11.5 Å². The SMILES string of the molecule is CCOc1nc(N)ncc1[N+](=O)[O-]. The first kappa shape index (κ1) is 9.17. The summed E-state index contributed by atoms with van der Waals surface area (Å²) >= 11 is 0. The second-order valence-corrected chi connectivity index (χ2v) is 2.11. The summed E-state index contributed by atoms with van der Waals surface area (Å²) in [6.07, 6.45) is 1.02. The average molecular weight is 184 g/mol. The van der Waals surface area contributed by atoms with Crippen molar-refractivity contribution in [2.24, 2.45) is 0 Å². The van der Waals surface area contributed by atoms with Crippen LogP contribution in [0.2, 0.25) is 0 Å². The molecule has 1 rings (SSSR count). The summed E-state index contributed by atoms with van der Waals surface area (Å²) in [5.41, 5.74) is 4.95. The van der Waals surface area contributed by atoms with Crippen LogP contribution in [-0.2, 0) is 0 Å². The van der Waals surface area contributed by atoms with Gasteiger partial charge in [-0.05, 0) is 6.92 Å². The number of anilines is 1. The van der Waals surface area contributed by atoms with Gasteiger partial charge in [0.1, 0.15) is 6.20 Å². The molecule has 0 atom stereocenters. The van der Waals surface area contributed by atoms with Crippen molar-refractivity contribution in [2.75, 3.05) is 12.3 Å². The first-order valence-corrected chi connectivity index (χ1v) is 3.55. The summed E-state index contributed by atoms with van der Waals surface area (Å²) < 4.78 is 4.91. The molecule has 1 aromatic rings. The lowest BCUT2D eigenvalue weighted by Crippen LogP contribution is -2.03. The van der Waals surface area contributed by atoms with Crippen LogP contribution in [-0.4, -0.2) is 21.5 Å². The van der Waals surface area contributed by atoms with Gasteiger partial charge >= 0.3 is 5.69 Å². The number of ether oxygens (including phenoxy) is 1. The standard InChI is InChI=1S/C6H8N4O3/c1-2-13-5-4(10(11)12)3-8-6(7)9-5/h3H,2H2,1H3,(H2,7,8,9). The second-order valence-electron chi connectivity index (χ2n) is 2.11. The maximum absolute atomic E-state index is 10.4. The minimum absolute atomic E-state index is 0.0472. The van der Waals surface area contributed by atoms with Crippen LogP contribution in [0.5, 0.6) is 5.88 Å². The molecule has 13 heavy (non-hydrogen) atoms. The van der Waals surface area contributed by atoms with Gasteiger partial charge in [-0.2, -0.15) is 4.98 Å². The molecule has 70 valence electrons. The van der Waals surface area contributed by atoms with Crippen molar-refractivity contribution in [3.05, 3.63) is 16.3 Å². The van der Waals surface area contributed by atoms with E-state index in [0.29, 0.717) is 0 Å². The van der Waals surface area contributed by atoms with Crippen molar-refractivity contribution in [3.63, 3.8) is 0 Å². The maximum Gasteiger partial charge on any atom is 0.349 e. The van der Waals surface area contributed by atoms with Crippen molar-refractivity contribution in [2.45, 2.75) is 6.92 Å². The molecular formula is C6H8N4O3. The third kappa shape index (κ3) is 2.01. The van der Waals surface area contributed by atoms with Crippen molar-refractivity contribution in [3.8, 4) is 5.88 Å². The molecular weight excluding hydrogens is 176 g/mol. The van der Waals surface area contributed by atoms with E-state index in [1.807, 2.05) is 0 Å². The molecule has 0 bridgehead atoms. The van der Waals surface area contributed by atoms with E-state index < -0.39 is 4.92 Å². The fourth-order valence-corrected chi connectivity index (χ4v) is 0.741. The van der Waals surface area contributed by atoms with Crippen LogP contribution >= 0.6 is 0 Å². The Hall–Kier alpha value is -1.92. The van der Waals surface area contributed by atoms with Crippen molar-refractivity contribution >= 4 is 11.6 Å². The molecule has 0 amide bonds. The van der Waals surface area contributed by atoms with Crippen LogP contribution in [0.15, 0.2) is 6.20 Å². The lowest BCUT2D eigenvalue weighted by atomic mass is 10.5. The molecule has 0 radical (unpaired) electrons. The minimum Gasteiger partial charge on any atom is -0.473 e. The predicted molar refractivity (Wildman–Crippen MR) is 44.3 cm³/mol. The Kier molecular flexibility index (Phi) is 2.58. The van der Waals surface area contributed by atoms with Crippen LogP contribution in [0.3, 0.4) is 0 Å². The van der Waals surface area contributed by atoms with Crippen LogP contribution < -0.4 is 10.5 Å². The first-order valence-electron chi connectivity index (χ1n) is 3.55. The van der Waals surface area contributed by atoms with Gasteiger partial charge in [-0.15, -0.1) is 0 Å². The highest BCUT2D eigenvalue weighted by Gasteiger charge is 2.17. The lowest BCUT2D eigenvalue weighted by Gasteiger charge is -2.01. The smallest absolute Gasteiger partial charge is 0.349 e. The third-order valence-corrected chi connectivity index (χ3v) is 1.23. The molecule has 0 aromatic carbocycles. The molecule has 0 fully saturated rings. The number of hydrogen-bond acceptors (Lipinski definition) is 6. The molecule has 0 spiro atoms. The van der Waals surface area contributed by atoms with Gasteiger partial charge in [-0.3, -0.25) is 10.1 Å². The lowest BCUT2D eigenvalue weighted by molar-refractivity contribution is -0.386. The van der Waals surface area contributed by atoms with E-state index in [9.17, 15) is 10.1 Å². The van der Waals surface area contributed by atoms with Crippen molar-refractivity contribution in [1.29, 1.82) is 0 Å². The van der Waals surface area contributed by atoms with E-state index in [2.05, 4.69) is 9.97 Å². The van der Waals surface area contributed by atoms with E-state index in [-0.39, 0.29) is 24.1 Å². The average Bonchev–Trinajstić information content (AvgIpc) is 2.04. The molecule has 1 aromatic heterocycles. The number of nitrogens with two attached hydrogens (primary N) is 1. The Balaban J connectivity index is 3.10. The predicted octanol–water partition coefficient (Wildman–Crippen LogP) is 0.366. The number of aromatic nitrogens is 2. The molecule has 1 heterocycles. The molecule has 0 unspecified atom stereocenters. The number of nitrogen functional groups attached to an aromatic ring is 1. The number of hydrogen-bond donors (Lipinski definition) is 1. The van der Waals surface area contributed by atoms with Gasteiger partial charge in [0.15, 0.2) is 0 Å². The summed E-state index contributed by atoms with van der Waals surface area (Å²) in [5.74, 6) is -0.144. The third-order valence-electron chi connectivity index (χ3n) is 1.23. The van der Waals surface area contributed by atoms with E-state index >= 15 is 0 Å². The fraction of sp³-hybridized carbons (Fsp3) is 0.333. The van der Waals surface area contributed by atoms with Crippen molar-refractivity contribution in [1.82, 2.24) is 9.97 Å². The Bertz CT molecular complexity index is 328.